The van der Waals surface area contributed by atoms with Gasteiger partial charge in [-0.1, -0.05) is 47.6 Å². The lowest BCUT2D eigenvalue weighted by molar-refractivity contribution is 0.129. The van der Waals surface area contributed by atoms with Gasteiger partial charge in [-0.15, -0.1) is 0 Å². The van der Waals surface area contributed by atoms with E-state index in [-0.39, 0.29) is 0 Å². The molecule has 0 fully saturated rings. The minimum absolute atomic E-state index is 0.570. The van der Waals surface area contributed by atoms with Crippen LogP contribution in [0.25, 0.3) is 0 Å². The molecule has 0 aliphatic heterocycles. The molecule has 1 aliphatic carbocycles. The van der Waals surface area contributed by atoms with E-state index >= 15 is 0 Å². The Morgan fingerprint density at radius 2 is 1.82 bits per heavy atom. The van der Waals surface area contributed by atoms with Crippen LogP contribution in [-0.4, -0.2) is 5.71 Å². The van der Waals surface area contributed by atoms with Gasteiger partial charge in [0.05, 0.1) is 5.71 Å². The monoisotopic (exact) mass is 229 g/mol. The molecule has 0 aromatic heterocycles. The highest BCUT2D eigenvalue weighted by molar-refractivity contribution is 5.84. The lowest BCUT2D eigenvalue weighted by Gasteiger charge is -2.07. The van der Waals surface area contributed by atoms with Crippen molar-refractivity contribution in [2.24, 2.45) is 5.16 Å². The number of rotatable bonds is 3. The standard InChI is InChI=1S/C15H19NO/c1-2-7-11-15(12-8-3-1)16-17-13-14-9-5-4-6-10-14/h1-2,4-6,9-10H,3,7-8,11-13H2/b2-1?,16-15-. The predicted octanol–water partition coefficient (Wildman–Crippen LogP) is 4.08. The number of allylic oxidation sites excluding steroid dienone is 2. The van der Waals surface area contributed by atoms with Gasteiger partial charge in [0.25, 0.3) is 0 Å². The van der Waals surface area contributed by atoms with E-state index in [9.17, 15) is 0 Å². The molecule has 0 bridgehead atoms. The third-order valence-electron chi connectivity index (χ3n) is 2.87. The molecule has 0 spiro atoms. The summed E-state index contributed by atoms with van der Waals surface area (Å²) in [4.78, 5) is 5.42. The van der Waals surface area contributed by atoms with Crippen LogP contribution < -0.4 is 0 Å². The Morgan fingerprint density at radius 3 is 2.71 bits per heavy atom. The topological polar surface area (TPSA) is 21.6 Å². The largest absolute Gasteiger partial charge is 0.391 e. The van der Waals surface area contributed by atoms with Crippen molar-refractivity contribution in [2.75, 3.05) is 0 Å². The number of nitrogens with zero attached hydrogens (tertiary/aromatic N) is 1. The van der Waals surface area contributed by atoms with Gasteiger partial charge in [-0.3, -0.25) is 0 Å². The Bertz CT molecular complexity index is 381. The van der Waals surface area contributed by atoms with Gasteiger partial charge in [-0.25, -0.2) is 0 Å². The van der Waals surface area contributed by atoms with Crippen LogP contribution >= 0.6 is 0 Å². The average molecular weight is 229 g/mol. The fraction of sp³-hybridized carbons (Fsp3) is 0.400. The minimum atomic E-state index is 0.570. The van der Waals surface area contributed by atoms with Crippen LogP contribution in [0.1, 0.15) is 37.7 Å². The summed E-state index contributed by atoms with van der Waals surface area (Å²) in [6.07, 6.45) is 10.0. The summed E-state index contributed by atoms with van der Waals surface area (Å²) in [5, 5.41) is 4.26. The van der Waals surface area contributed by atoms with Crippen molar-refractivity contribution in [1.82, 2.24) is 0 Å². The second-order valence-electron chi connectivity index (χ2n) is 4.32. The third kappa shape index (κ3) is 4.43. The lowest BCUT2D eigenvalue weighted by Crippen LogP contribution is -2.01. The summed E-state index contributed by atoms with van der Waals surface area (Å²) < 4.78 is 0. The maximum atomic E-state index is 5.42. The van der Waals surface area contributed by atoms with Crippen molar-refractivity contribution in [2.45, 2.75) is 38.7 Å². The van der Waals surface area contributed by atoms with Crippen molar-refractivity contribution < 1.29 is 4.84 Å². The number of oxime groups is 1. The fourth-order valence-corrected chi connectivity index (χ4v) is 1.90. The molecule has 90 valence electrons. The van der Waals surface area contributed by atoms with Crippen molar-refractivity contribution in [3.63, 3.8) is 0 Å². The van der Waals surface area contributed by atoms with Crippen molar-refractivity contribution in [3.8, 4) is 0 Å². The molecule has 0 atom stereocenters. The van der Waals surface area contributed by atoms with Crippen molar-refractivity contribution >= 4 is 5.71 Å². The smallest absolute Gasteiger partial charge is 0.142 e. The van der Waals surface area contributed by atoms with E-state index in [1.54, 1.807) is 0 Å². The molecule has 0 N–H and O–H groups in total. The van der Waals surface area contributed by atoms with Gasteiger partial charge in [0.1, 0.15) is 6.61 Å². The first-order valence-corrected chi connectivity index (χ1v) is 6.32. The van der Waals surface area contributed by atoms with Gasteiger partial charge in [-0.05, 0) is 37.7 Å². The molecule has 2 rings (SSSR count). The molecule has 0 heterocycles. The number of hydrogen-bond donors (Lipinski definition) is 0. The van der Waals surface area contributed by atoms with Crippen LogP contribution in [0, 0.1) is 0 Å². The summed E-state index contributed by atoms with van der Waals surface area (Å²) in [6, 6.07) is 10.2. The van der Waals surface area contributed by atoms with Crippen LogP contribution in [-0.2, 0) is 11.4 Å². The van der Waals surface area contributed by atoms with Crippen molar-refractivity contribution in [3.05, 3.63) is 48.0 Å². The van der Waals surface area contributed by atoms with Gasteiger partial charge in [-0.2, -0.15) is 0 Å². The van der Waals surface area contributed by atoms with Crippen LogP contribution in [0.4, 0.5) is 0 Å². The molecule has 0 radical (unpaired) electrons. The van der Waals surface area contributed by atoms with Gasteiger partial charge in [0.2, 0.25) is 0 Å². The Balaban J connectivity index is 1.81. The maximum Gasteiger partial charge on any atom is 0.142 e. The van der Waals surface area contributed by atoms with Crippen LogP contribution in [0.15, 0.2) is 47.6 Å². The molecule has 0 amide bonds. The van der Waals surface area contributed by atoms with Gasteiger partial charge in [0.15, 0.2) is 0 Å². The number of hydrogen-bond acceptors (Lipinski definition) is 2. The molecule has 2 heteroatoms. The Morgan fingerprint density at radius 1 is 1.00 bits per heavy atom. The Hall–Kier alpha value is -1.57. The maximum absolute atomic E-state index is 5.42. The summed E-state index contributed by atoms with van der Waals surface area (Å²) in [5.74, 6) is 0. The summed E-state index contributed by atoms with van der Waals surface area (Å²) in [7, 11) is 0. The van der Waals surface area contributed by atoms with E-state index in [0.29, 0.717) is 6.61 Å². The third-order valence-corrected chi connectivity index (χ3v) is 2.87. The van der Waals surface area contributed by atoms with Gasteiger partial charge < -0.3 is 4.84 Å². The summed E-state index contributed by atoms with van der Waals surface area (Å²) >= 11 is 0. The Labute approximate surface area is 103 Å². The van der Waals surface area contributed by atoms with Crippen LogP contribution in [0.2, 0.25) is 0 Å². The first-order chi connectivity index (χ1) is 8.45. The number of benzene rings is 1. The Kier molecular flexibility index (Phi) is 4.83. The average Bonchev–Trinajstić information content (AvgIpc) is 2.33. The molecule has 1 aliphatic rings. The second-order valence-corrected chi connectivity index (χ2v) is 4.32. The van der Waals surface area contributed by atoms with E-state index < -0.39 is 0 Å². The first-order valence-electron chi connectivity index (χ1n) is 6.32. The predicted molar refractivity (Wildman–Crippen MR) is 70.9 cm³/mol. The molecular formula is C15H19NO. The zero-order valence-electron chi connectivity index (χ0n) is 10.1. The molecule has 2 nitrogen and oxygen atoms in total. The van der Waals surface area contributed by atoms with Gasteiger partial charge in [0, 0.05) is 0 Å². The zero-order valence-corrected chi connectivity index (χ0v) is 10.1. The molecule has 0 unspecified atom stereocenters. The van der Waals surface area contributed by atoms with Crippen LogP contribution in [0.3, 0.4) is 0 Å². The molecule has 0 saturated heterocycles. The van der Waals surface area contributed by atoms with E-state index in [0.717, 1.165) is 25.7 Å². The fourth-order valence-electron chi connectivity index (χ4n) is 1.90. The summed E-state index contributed by atoms with van der Waals surface area (Å²) in [5.41, 5.74) is 2.37. The van der Waals surface area contributed by atoms with Crippen molar-refractivity contribution in [1.29, 1.82) is 0 Å². The lowest BCUT2D eigenvalue weighted by atomic mass is 10.0. The normalized spacial score (nSPS) is 18.7. The highest BCUT2D eigenvalue weighted by Crippen LogP contribution is 2.10. The second kappa shape index (κ2) is 6.89. The highest BCUT2D eigenvalue weighted by atomic mass is 16.6. The highest BCUT2D eigenvalue weighted by Gasteiger charge is 2.02. The SMILES string of the molecule is C1=CCC/C(=N/OCc2ccccc2)CCC1. The molecule has 17 heavy (non-hydrogen) atoms. The first kappa shape index (κ1) is 11.9. The van der Waals surface area contributed by atoms with Crippen LogP contribution in [0.5, 0.6) is 0 Å². The van der Waals surface area contributed by atoms with Gasteiger partial charge >= 0.3 is 0 Å². The van der Waals surface area contributed by atoms with E-state index in [4.69, 9.17) is 4.84 Å². The quantitative estimate of drug-likeness (QED) is 0.565. The zero-order chi connectivity index (χ0) is 11.8. The minimum Gasteiger partial charge on any atom is -0.391 e. The molecule has 0 saturated carbocycles. The van der Waals surface area contributed by atoms with E-state index in [1.807, 2.05) is 18.2 Å². The summed E-state index contributed by atoms with van der Waals surface area (Å²) in [6.45, 7) is 0.570. The molecule has 1 aromatic rings. The van der Waals surface area contributed by atoms with E-state index in [2.05, 4.69) is 29.4 Å². The molecule has 1 aromatic carbocycles. The molecular weight excluding hydrogens is 210 g/mol. The van der Waals surface area contributed by atoms with E-state index in [1.165, 1.54) is 17.7 Å².